The molecule has 0 atom stereocenters. The van der Waals surface area contributed by atoms with Crippen molar-refractivity contribution >= 4 is 16.9 Å². The summed E-state index contributed by atoms with van der Waals surface area (Å²) in [4.78, 5) is 8.55. The van der Waals surface area contributed by atoms with E-state index in [9.17, 15) is 0 Å². The number of anilines is 1. The van der Waals surface area contributed by atoms with Crippen molar-refractivity contribution in [2.75, 3.05) is 11.9 Å². The summed E-state index contributed by atoms with van der Waals surface area (Å²) in [7, 11) is 0. The van der Waals surface area contributed by atoms with Crippen LogP contribution >= 0.6 is 0 Å². The van der Waals surface area contributed by atoms with Crippen molar-refractivity contribution in [2.45, 2.75) is 50.7 Å². The number of hydrogen-bond donors (Lipinski definition) is 2. The Hall–Kier alpha value is -2.47. The molecule has 1 aliphatic carbocycles. The third kappa shape index (κ3) is 4.19. The van der Waals surface area contributed by atoms with Crippen LogP contribution in [0.25, 0.3) is 11.0 Å². The van der Waals surface area contributed by atoms with Gasteiger partial charge in [0.15, 0.2) is 5.65 Å². The maximum absolute atomic E-state index is 6.09. The number of aromatic nitrogens is 4. The number of hydrogen-bond acceptors (Lipinski definition) is 5. The minimum Gasteiger partial charge on any atom is -0.378 e. The van der Waals surface area contributed by atoms with E-state index in [2.05, 4.69) is 55.8 Å². The van der Waals surface area contributed by atoms with Gasteiger partial charge in [0.25, 0.3) is 0 Å². The molecule has 4 rings (SSSR count). The van der Waals surface area contributed by atoms with Crippen LogP contribution in [0.2, 0.25) is 0 Å². The fourth-order valence-electron chi connectivity index (χ4n) is 3.62. The lowest BCUT2D eigenvalue weighted by molar-refractivity contribution is 0.0253. The van der Waals surface area contributed by atoms with Gasteiger partial charge in [0.2, 0.25) is 0 Å². The third-order valence-corrected chi connectivity index (χ3v) is 5.07. The Morgan fingerprint density at radius 3 is 2.77 bits per heavy atom. The summed E-state index contributed by atoms with van der Waals surface area (Å²) in [6.07, 6.45) is 10.3. The zero-order chi connectivity index (χ0) is 17.6. The second-order valence-corrected chi connectivity index (χ2v) is 6.93. The van der Waals surface area contributed by atoms with Crippen molar-refractivity contribution in [3.05, 3.63) is 48.4 Å². The molecule has 6 nitrogen and oxygen atoms in total. The fourth-order valence-corrected chi connectivity index (χ4v) is 3.62. The summed E-state index contributed by atoms with van der Waals surface area (Å²) < 4.78 is 6.09. The van der Waals surface area contributed by atoms with Gasteiger partial charge in [0.1, 0.15) is 12.1 Å². The number of rotatable bonds is 7. The van der Waals surface area contributed by atoms with Gasteiger partial charge in [-0.25, -0.2) is 9.97 Å². The molecule has 1 saturated carbocycles. The Balaban J connectivity index is 1.19. The molecule has 0 unspecified atom stereocenters. The number of aromatic amines is 1. The highest BCUT2D eigenvalue weighted by Gasteiger charge is 2.22. The van der Waals surface area contributed by atoms with Gasteiger partial charge in [-0.05, 0) is 44.1 Å². The molecular formula is C20H25N5O. The first kappa shape index (κ1) is 17.0. The predicted octanol–water partition coefficient (Wildman–Crippen LogP) is 3.73. The molecule has 1 aromatic carbocycles. The monoisotopic (exact) mass is 351 g/mol. The molecule has 0 radical (unpaired) electrons. The van der Waals surface area contributed by atoms with Crippen LogP contribution in [0.1, 0.15) is 37.7 Å². The molecule has 0 saturated heterocycles. The maximum atomic E-state index is 6.09. The Bertz CT molecular complexity index is 811. The molecule has 0 spiro atoms. The van der Waals surface area contributed by atoms with Crippen LogP contribution in [0.5, 0.6) is 0 Å². The van der Waals surface area contributed by atoms with Crippen LogP contribution in [0.3, 0.4) is 0 Å². The standard InChI is InChI=1S/C20H25N5O/c1-2-5-15(6-3-1)7-4-12-26-17-10-8-16(9-11-17)24-19-18-13-23-25-20(18)22-14-21-19/h1-3,5-6,13-14,16-17H,4,7-12H2,(H2,21,22,23,24,25)/t16-,17-. The van der Waals surface area contributed by atoms with Gasteiger partial charge in [0, 0.05) is 12.6 Å². The van der Waals surface area contributed by atoms with Crippen LogP contribution in [0.4, 0.5) is 5.82 Å². The molecule has 26 heavy (non-hydrogen) atoms. The normalized spacial score (nSPS) is 20.3. The number of nitrogens with one attached hydrogen (secondary N) is 2. The summed E-state index contributed by atoms with van der Waals surface area (Å²) in [6.45, 7) is 0.846. The minimum absolute atomic E-state index is 0.392. The van der Waals surface area contributed by atoms with E-state index in [0.29, 0.717) is 12.1 Å². The maximum Gasteiger partial charge on any atom is 0.160 e. The summed E-state index contributed by atoms with van der Waals surface area (Å²) in [6, 6.07) is 11.1. The lowest BCUT2D eigenvalue weighted by atomic mass is 9.93. The summed E-state index contributed by atoms with van der Waals surface area (Å²) in [5, 5.41) is 11.4. The summed E-state index contributed by atoms with van der Waals surface area (Å²) >= 11 is 0. The van der Waals surface area contributed by atoms with E-state index in [0.717, 1.165) is 62.0 Å². The van der Waals surface area contributed by atoms with Gasteiger partial charge in [0.05, 0.1) is 17.7 Å². The van der Waals surface area contributed by atoms with E-state index < -0.39 is 0 Å². The van der Waals surface area contributed by atoms with Gasteiger partial charge in [-0.1, -0.05) is 30.3 Å². The van der Waals surface area contributed by atoms with Crippen LogP contribution in [0.15, 0.2) is 42.9 Å². The smallest absolute Gasteiger partial charge is 0.160 e. The topological polar surface area (TPSA) is 75.7 Å². The first-order valence-electron chi connectivity index (χ1n) is 9.44. The van der Waals surface area contributed by atoms with E-state index in [-0.39, 0.29) is 0 Å². The molecule has 1 aliphatic rings. The number of nitrogens with zero attached hydrogens (tertiary/aromatic N) is 3. The molecule has 0 amide bonds. The quantitative estimate of drug-likeness (QED) is 0.635. The van der Waals surface area contributed by atoms with Crippen molar-refractivity contribution in [3.63, 3.8) is 0 Å². The Labute approximate surface area is 153 Å². The lowest BCUT2D eigenvalue weighted by Gasteiger charge is -2.29. The molecule has 2 N–H and O–H groups in total. The van der Waals surface area contributed by atoms with Crippen LogP contribution in [-0.2, 0) is 11.2 Å². The van der Waals surface area contributed by atoms with E-state index >= 15 is 0 Å². The number of fused-ring (bicyclic) bond motifs is 1. The fraction of sp³-hybridized carbons (Fsp3) is 0.450. The molecule has 3 aromatic rings. The van der Waals surface area contributed by atoms with Crippen LogP contribution in [-0.4, -0.2) is 38.9 Å². The summed E-state index contributed by atoms with van der Waals surface area (Å²) in [5.74, 6) is 0.871. The van der Waals surface area contributed by atoms with Gasteiger partial charge < -0.3 is 10.1 Å². The average molecular weight is 351 g/mol. The van der Waals surface area contributed by atoms with Gasteiger partial charge in [-0.3, -0.25) is 5.10 Å². The van der Waals surface area contributed by atoms with E-state index in [1.54, 1.807) is 12.5 Å². The van der Waals surface area contributed by atoms with E-state index in [1.165, 1.54) is 5.56 Å². The van der Waals surface area contributed by atoms with Crippen molar-refractivity contribution in [3.8, 4) is 0 Å². The molecule has 1 fully saturated rings. The van der Waals surface area contributed by atoms with Crippen molar-refractivity contribution in [2.24, 2.45) is 0 Å². The Kier molecular flexibility index (Phi) is 5.40. The van der Waals surface area contributed by atoms with Gasteiger partial charge in [-0.15, -0.1) is 0 Å². The molecule has 2 heterocycles. The zero-order valence-electron chi connectivity index (χ0n) is 14.9. The first-order chi connectivity index (χ1) is 12.9. The Morgan fingerprint density at radius 1 is 1.08 bits per heavy atom. The molecule has 6 heteroatoms. The first-order valence-corrected chi connectivity index (χ1v) is 9.44. The van der Waals surface area contributed by atoms with E-state index in [1.807, 2.05) is 0 Å². The average Bonchev–Trinajstić information content (AvgIpc) is 3.17. The van der Waals surface area contributed by atoms with Crippen molar-refractivity contribution in [1.29, 1.82) is 0 Å². The predicted molar refractivity (Wildman–Crippen MR) is 102 cm³/mol. The van der Waals surface area contributed by atoms with Gasteiger partial charge in [-0.2, -0.15) is 5.10 Å². The molecular weight excluding hydrogens is 326 g/mol. The van der Waals surface area contributed by atoms with Crippen LogP contribution < -0.4 is 5.32 Å². The number of ether oxygens (including phenoxy) is 1. The second-order valence-electron chi connectivity index (χ2n) is 6.93. The highest BCUT2D eigenvalue weighted by atomic mass is 16.5. The number of aryl methyl sites for hydroxylation is 1. The molecule has 136 valence electrons. The SMILES string of the molecule is c1ccc(CCCO[C@H]2CC[C@H](Nc3ncnc4[nH]ncc34)CC2)cc1. The lowest BCUT2D eigenvalue weighted by Crippen LogP contribution is -2.30. The minimum atomic E-state index is 0.392. The van der Waals surface area contributed by atoms with Crippen molar-refractivity contribution in [1.82, 2.24) is 20.2 Å². The Morgan fingerprint density at radius 2 is 1.92 bits per heavy atom. The van der Waals surface area contributed by atoms with Crippen molar-refractivity contribution < 1.29 is 4.74 Å². The van der Waals surface area contributed by atoms with Crippen LogP contribution in [0, 0.1) is 0 Å². The van der Waals surface area contributed by atoms with E-state index in [4.69, 9.17) is 4.74 Å². The highest BCUT2D eigenvalue weighted by molar-refractivity contribution is 5.85. The summed E-state index contributed by atoms with van der Waals surface area (Å²) in [5.41, 5.74) is 2.16. The number of benzene rings is 1. The molecule has 0 aliphatic heterocycles. The third-order valence-electron chi connectivity index (χ3n) is 5.07. The second kappa shape index (κ2) is 8.27. The molecule has 0 bridgehead atoms. The largest absolute Gasteiger partial charge is 0.378 e. The highest BCUT2D eigenvalue weighted by Crippen LogP contribution is 2.26. The zero-order valence-corrected chi connectivity index (χ0v) is 14.9. The molecule has 2 aromatic heterocycles. The van der Waals surface area contributed by atoms with Gasteiger partial charge >= 0.3 is 0 Å². The number of H-pyrrole nitrogens is 1.